The molecule has 2 aliphatic carbocycles. The van der Waals surface area contributed by atoms with Crippen molar-refractivity contribution in [3.05, 3.63) is 27.5 Å². The Morgan fingerprint density at radius 1 is 1.18 bits per heavy atom. The average molecular weight is 544 g/mol. The highest BCUT2D eigenvalue weighted by Gasteiger charge is 2.49. The summed E-state index contributed by atoms with van der Waals surface area (Å²) in [6.07, 6.45) is 8.79. The number of ether oxygens (including phenoxy) is 2. The summed E-state index contributed by atoms with van der Waals surface area (Å²) in [5.74, 6) is 5.30. The molecule has 5 rings (SSSR count). The molecule has 0 bridgehead atoms. The van der Waals surface area contributed by atoms with Crippen LogP contribution in [0, 0.1) is 23.2 Å². The number of carbonyl (C=O) groups excluding carboxylic acids is 1. The Labute approximate surface area is 230 Å². The lowest BCUT2D eigenvalue weighted by Crippen LogP contribution is -2.47. The number of epoxide rings is 1. The fourth-order valence-corrected chi connectivity index (χ4v) is 6.05. The van der Waals surface area contributed by atoms with Gasteiger partial charge in [-0.2, -0.15) is 0 Å². The molecule has 2 N–H and O–H groups in total. The van der Waals surface area contributed by atoms with Crippen LogP contribution in [0.2, 0.25) is 0 Å². The molecule has 1 aromatic rings. The van der Waals surface area contributed by atoms with E-state index in [1.54, 1.807) is 0 Å². The third kappa shape index (κ3) is 7.47. The maximum atomic E-state index is 13.8. The second-order valence-electron chi connectivity index (χ2n) is 12.1. The van der Waals surface area contributed by atoms with Gasteiger partial charge in [0, 0.05) is 24.0 Å². The predicted octanol–water partition coefficient (Wildman–Crippen LogP) is 5.40. The molecular formula is C30H41NO6S. The van der Waals surface area contributed by atoms with E-state index in [0.717, 1.165) is 64.6 Å². The van der Waals surface area contributed by atoms with Crippen molar-refractivity contribution < 1.29 is 29.3 Å². The van der Waals surface area contributed by atoms with Crippen molar-refractivity contribution in [3.63, 3.8) is 0 Å². The van der Waals surface area contributed by atoms with Crippen molar-refractivity contribution >= 4 is 28.9 Å². The zero-order chi connectivity index (χ0) is 27.5. The van der Waals surface area contributed by atoms with Gasteiger partial charge < -0.3 is 24.6 Å². The van der Waals surface area contributed by atoms with E-state index in [4.69, 9.17) is 14.6 Å². The van der Waals surface area contributed by atoms with Crippen LogP contribution in [0.1, 0.15) is 93.6 Å². The lowest BCUT2D eigenvalue weighted by Gasteiger charge is -2.38. The molecule has 208 valence electrons. The SMILES string of the molecule is CC1=CC[C@H](C(=O)N(c2cc(C#CC(C)(C)C)sc2C(=O)O)C2CCC3(CC2)CO3)CC1.O[C@H]1CCOC1. The summed E-state index contributed by atoms with van der Waals surface area (Å²) in [4.78, 5) is 28.7. The summed E-state index contributed by atoms with van der Waals surface area (Å²) >= 11 is 1.17. The minimum atomic E-state index is -0.996. The number of carboxylic acid groups (broad SMARTS) is 1. The number of thiophene rings is 1. The summed E-state index contributed by atoms with van der Waals surface area (Å²) in [7, 11) is 0. The number of rotatable bonds is 4. The van der Waals surface area contributed by atoms with Crippen LogP contribution in [0.3, 0.4) is 0 Å². The molecule has 1 saturated carbocycles. The van der Waals surface area contributed by atoms with Gasteiger partial charge in [0.25, 0.3) is 0 Å². The molecule has 2 aliphatic heterocycles. The van der Waals surface area contributed by atoms with Crippen LogP contribution in [0.4, 0.5) is 5.69 Å². The zero-order valence-electron chi connectivity index (χ0n) is 23.0. The Balaban J connectivity index is 0.000000494. The van der Waals surface area contributed by atoms with Crippen molar-refractivity contribution in [3.8, 4) is 11.8 Å². The Morgan fingerprint density at radius 3 is 2.37 bits per heavy atom. The largest absolute Gasteiger partial charge is 0.477 e. The molecule has 1 amide bonds. The normalized spacial score (nSPS) is 28.4. The second kappa shape index (κ2) is 11.9. The van der Waals surface area contributed by atoms with Gasteiger partial charge in [0.2, 0.25) is 5.91 Å². The highest BCUT2D eigenvalue weighted by atomic mass is 32.1. The number of aromatic carboxylic acids is 1. The highest BCUT2D eigenvalue weighted by Crippen LogP contribution is 2.45. The molecule has 1 spiro atoms. The number of anilines is 1. The smallest absolute Gasteiger partial charge is 0.348 e. The van der Waals surface area contributed by atoms with E-state index >= 15 is 0 Å². The lowest BCUT2D eigenvalue weighted by atomic mass is 9.83. The Bertz CT molecular complexity index is 1100. The number of hydrogen-bond donors (Lipinski definition) is 2. The average Bonchev–Trinajstić information content (AvgIpc) is 3.23. The molecule has 8 heteroatoms. The second-order valence-corrected chi connectivity index (χ2v) is 13.1. The minimum Gasteiger partial charge on any atom is -0.477 e. The van der Waals surface area contributed by atoms with Crippen molar-refractivity contribution in [1.82, 2.24) is 0 Å². The first kappa shape index (κ1) is 28.8. The summed E-state index contributed by atoms with van der Waals surface area (Å²) in [5, 5.41) is 18.6. The fourth-order valence-electron chi connectivity index (χ4n) is 5.21. The standard InChI is InChI=1S/C26H33NO4S.C4H8O2/c1-17-5-7-18(8-6-17)23(28)27(19-9-13-26(14-10-19)16-31-26)21-15-20(11-12-25(2,3)4)32-22(21)24(29)30;5-4-1-2-6-3-4/h5,15,18-19H,6-10,13-14,16H2,1-4H3,(H,29,30);4-5H,1-3H2/t18-,19?,26?;4-/m00/s1. The van der Waals surface area contributed by atoms with E-state index in [0.29, 0.717) is 17.2 Å². The number of hydrogen-bond acceptors (Lipinski definition) is 6. The third-order valence-corrected chi connectivity index (χ3v) is 8.67. The number of aliphatic hydroxyl groups is 1. The van der Waals surface area contributed by atoms with Gasteiger partial charge in [-0.25, -0.2) is 4.79 Å². The van der Waals surface area contributed by atoms with Gasteiger partial charge >= 0.3 is 5.97 Å². The lowest BCUT2D eigenvalue weighted by molar-refractivity contribution is -0.123. The van der Waals surface area contributed by atoms with E-state index < -0.39 is 5.97 Å². The van der Waals surface area contributed by atoms with Gasteiger partial charge in [0.1, 0.15) is 4.88 Å². The molecule has 0 aromatic carbocycles. The van der Waals surface area contributed by atoms with Crippen LogP contribution in [-0.2, 0) is 14.3 Å². The van der Waals surface area contributed by atoms with Gasteiger partial charge in [0.15, 0.2) is 0 Å². The molecule has 2 saturated heterocycles. The molecule has 3 heterocycles. The van der Waals surface area contributed by atoms with Gasteiger partial charge in [-0.05, 0) is 85.1 Å². The Hall–Kier alpha value is -2.18. The molecule has 2 atom stereocenters. The maximum absolute atomic E-state index is 13.8. The number of amides is 1. The van der Waals surface area contributed by atoms with Crippen LogP contribution in [0.25, 0.3) is 0 Å². The molecule has 1 aromatic heterocycles. The van der Waals surface area contributed by atoms with Gasteiger partial charge in [-0.15, -0.1) is 11.3 Å². The molecule has 4 aliphatic rings. The molecular weight excluding hydrogens is 502 g/mol. The minimum absolute atomic E-state index is 0.000420. The van der Waals surface area contributed by atoms with Crippen LogP contribution in [0.15, 0.2) is 17.7 Å². The Kier molecular flexibility index (Phi) is 9.03. The van der Waals surface area contributed by atoms with Crippen LogP contribution >= 0.6 is 11.3 Å². The quantitative estimate of drug-likeness (QED) is 0.300. The molecule has 0 unspecified atom stereocenters. The van der Waals surface area contributed by atoms with E-state index in [2.05, 4.69) is 24.8 Å². The molecule has 0 radical (unpaired) electrons. The number of carbonyl (C=O) groups is 2. The van der Waals surface area contributed by atoms with Crippen LogP contribution in [0.5, 0.6) is 0 Å². The topological polar surface area (TPSA) is 99.6 Å². The van der Waals surface area contributed by atoms with Crippen molar-refractivity contribution in [2.45, 2.75) is 96.8 Å². The van der Waals surface area contributed by atoms with Crippen molar-refractivity contribution in [1.29, 1.82) is 0 Å². The monoisotopic (exact) mass is 543 g/mol. The van der Waals surface area contributed by atoms with Crippen LogP contribution < -0.4 is 4.90 Å². The zero-order valence-corrected chi connectivity index (χ0v) is 23.9. The number of aliphatic hydroxyl groups excluding tert-OH is 1. The predicted molar refractivity (Wildman–Crippen MR) is 149 cm³/mol. The maximum Gasteiger partial charge on any atom is 0.348 e. The summed E-state index contributed by atoms with van der Waals surface area (Å²) in [5.41, 5.74) is 1.68. The third-order valence-electron chi connectivity index (χ3n) is 7.64. The van der Waals surface area contributed by atoms with Crippen molar-refractivity contribution in [2.24, 2.45) is 11.3 Å². The van der Waals surface area contributed by atoms with Gasteiger partial charge in [0.05, 0.1) is 35.5 Å². The summed E-state index contributed by atoms with van der Waals surface area (Å²) < 4.78 is 10.5. The van der Waals surface area contributed by atoms with E-state index in [9.17, 15) is 14.7 Å². The van der Waals surface area contributed by atoms with E-state index in [1.807, 2.05) is 31.7 Å². The fraction of sp³-hybridized carbons (Fsp3) is 0.667. The molecule has 7 nitrogen and oxygen atoms in total. The first-order valence-electron chi connectivity index (χ1n) is 13.8. The molecule has 38 heavy (non-hydrogen) atoms. The van der Waals surface area contributed by atoms with Gasteiger partial charge in [-0.1, -0.05) is 23.5 Å². The number of carboxylic acids is 1. The first-order valence-corrected chi connectivity index (χ1v) is 14.6. The number of allylic oxidation sites excluding steroid dienone is 2. The van der Waals surface area contributed by atoms with Gasteiger partial charge in [-0.3, -0.25) is 4.79 Å². The van der Waals surface area contributed by atoms with Crippen molar-refractivity contribution in [2.75, 3.05) is 24.7 Å². The van der Waals surface area contributed by atoms with E-state index in [-0.39, 0.29) is 39.9 Å². The first-order chi connectivity index (χ1) is 18.0. The number of nitrogens with zero attached hydrogens (tertiary/aromatic N) is 1. The highest BCUT2D eigenvalue weighted by molar-refractivity contribution is 7.15. The van der Waals surface area contributed by atoms with E-state index in [1.165, 1.54) is 16.9 Å². The Morgan fingerprint density at radius 2 is 1.89 bits per heavy atom. The summed E-state index contributed by atoms with van der Waals surface area (Å²) in [6, 6.07) is 1.83. The molecule has 3 fully saturated rings. The summed E-state index contributed by atoms with van der Waals surface area (Å²) in [6.45, 7) is 10.3. The van der Waals surface area contributed by atoms with Crippen LogP contribution in [-0.4, -0.2) is 59.7 Å².